The minimum Gasteiger partial charge on any atom is -0.494 e. The summed E-state index contributed by atoms with van der Waals surface area (Å²) in [5.74, 6) is 0.511. The third kappa shape index (κ3) is 4.37. The maximum atomic E-state index is 13.3. The van der Waals surface area contributed by atoms with Crippen LogP contribution in [0.4, 0.5) is 5.13 Å². The number of carbonyl (C=O) groups is 1. The summed E-state index contributed by atoms with van der Waals surface area (Å²) in [6.07, 6.45) is 0. The van der Waals surface area contributed by atoms with E-state index in [-0.39, 0.29) is 5.91 Å². The molecule has 0 saturated carbocycles. The molecule has 0 atom stereocenters. The first-order valence-electron chi connectivity index (χ1n) is 10.2. The Kier molecular flexibility index (Phi) is 5.89. The Morgan fingerprint density at radius 1 is 0.970 bits per heavy atom. The number of aromatic nitrogens is 2. The van der Waals surface area contributed by atoms with Gasteiger partial charge in [-0.15, -0.1) is 0 Å². The summed E-state index contributed by atoms with van der Waals surface area (Å²) >= 11 is 13.7. The number of hydrogen-bond donors (Lipinski definition) is 1. The van der Waals surface area contributed by atoms with Crippen molar-refractivity contribution in [3.63, 3.8) is 0 Å². The molecular weight excluding hydrogens is 477 g/mol. The number of anilines is 1. The van der Waals surface area contributed by atoms with Gasteiger partial charge in [0.15, 0.2) is 5.13 Å². The molecule has 5 rings (SSSR count). The molecule has 5 nitrogen and oxygen atoms in total. The number of rotatable bonds is 5. The molecule has 1 amide bonds. The second kappa shape index (κ2) is 8.98. The lowest BCUT2D eigenvalue weighted by atomic mass is 10.0. The van der Waals surface area contributed by atoms with Crippen LogP contribution in [-0.2, 0) is 0 Å². The smallest absolute Gasteiger partial charge is 0.258 e. The number of hydrogen-bond acceptors (Lipinski definition) is 5. The first-order valence-corrected chi connectivity index (χ1v) is 11.8. The van der Waals surface area contributed by atoms with Crippen LogP contribution >= 0.6 is 34.5 Å². The molecule has 0 aliphatic carbocycles. The molecule has 0 unspecified atom stereocenters. The van der Waals surface area contributed by atoms with Crippen molar-refractivity contribution in [1.29, 1.82) is 0 Å². The number of para-hydroxylation sites is 1. The van der Waals surface area contributed by atoms with Crippen LogP contribution in [0.3, 0.4) is 0 Å². The molecule has 1 N–H and O–H groups in total. The van der Waals surface area contributed by atoms with Crippen molar-refractivity contribution in [3.05, 3.63) is 82.3 Å². The summed E-state index contributed by atoms with van der Waals surface area (Å²) in [5, 5.41) is 5.09. The first kappa shape index (κ1) is 21.6. The lowest BCUT2D eigenvalue weighted by molar-refractivity contribution is 0.102. The molecule has 0 saturated heterocycles. The minimum atomic E-state index is -0.265. The summed E-state index contributed by atoms with van der Waals surface area (Å²) in [7, 11) is 0. The molecule has 0 aliphatic heterocycles. The minimum absolute atomic E-state index is 0.265. The highest BCUT2D eigenvalue weighted by molar-refractivity contribution is 7.22. The van der Waals surface area contributed by atoms with E-state index in [1.165, 1.54) is 11.3 Å². The zero-order valence-corrected chi connectivity index (χ0v) is 19.8. The Bertz CT molecular complexity index is 1520. The molecule has 2 aromatic heterocycles. The van der Waals surface area contributed by atoms with Gasteiger partial charge in [0.1, 0.15) is 5.75 Å². The average Bonchev–Trinajstić information content (AvgIpc) is 3.21. The van der Waals surface area contributed by atoms with E-state index in [4.69, 9.17) is 32.9 Å². The van der Waals surface area contributed by atoms with E-state index in [2.05, 4.69) is 10.3 Å². The Hall–Kier alpha value is -3.19. The molecular formula is C25H17Cl2N3O2S. The van der Waals surface area contributed by atoms with Crippen molar-refractivity contribution in [2.75, 3.05) is 11.9 Å². The largest absolute Gasteiger partial charge is 0.494 e. The summed E-state index contributed by atoms with van der Waals surface area (Å²) in [4.78, 5) is 22.6. The number of ether oxygens (including phenoxy) is 1. The summed E-state index contributed by atoms with van der Waals surface area (Å²) in [5.41, 5.74) is 3.40. The Morgan fingerprint density at radius 2 is 1.82 bits per heavy atom. The van der Waals surface area contributed by atoms with Gasteiger partial charge < -0.3 is 4.74 Å². The normalized spacial score (nSPS) is 11.1. The quantitative estimate of drug-likeness (QED) is 0.275. The number of pyridine rings is 1. The molecule has 0 spiro atoms. The lowest BCUT2D eigenvalue weighted by Crippen LogP contribution is -2.13. The van der Waals surface area contributed by atoms with Crippen molar-refractivity contribution in [2.24, 2.45) is 0 Å². The van der Waals surface area contributed by atoms with Crippen LogP contribution in [0.25, 0.3) is 32.4 Å². The van der Waals surface area contributed by atoms with Gasteiger partial charge in [0.2, 0.25) is 0 Å². The first-order chi connectivity index (χ1) is 16.0. The third-order valence-corrected chi connectivity index (χ3v) is 6.74. The predicted molar refractivity (Wildman–Crippen MR) is 136 cm³/mol. The number of carbonyl (C=O) groups excluding carboxylic acids is 1. The van der Waals surface area contributed by atoms with Gasteiger partial charge in [-0.1, -0.05) is 58.8 Å². The monoisotopic (exact) mass is 493 g/mol. The number of fused-ring (bicyclic) bond motifs is 2. The molecule has 0 bridgehead atoms. The second-order valence-corrected chi connectivity index (χ2v) is 9.08. The number of amides is 1. The molecule has 2 heterocycles. The van der Waals surface area contributed by atoms with Gasteiger partial charge in [0, 0.05) is 10.9 Å². The number of nitrogens with one attached hydrogen (secondary N) is 1. The maximum Gasteiger partial charge on any atom is 0.258 e. The van der Waals surface area contributed by atoms with Crippen LogP contribution in [0.15, 0.2) is 66.7 Å². The summed E-state index contributed by atoms with van der Waals surface area (Å²) in [6.45, 7) is 2.53. The summed E-state index contributed by atoms with van der Waals surface area (Å²) in [6, 6.07) is 20.3. The van der Waals surface area contributed by atoms with Crippen LogP contribution in [-0.4, -0.2) is 22.5 Å². The molecule has 5 aromatic rings. The number of nitrogens with zero attached hydrogens (tertiary/aromatic N) is 2. The lowest BCUT2D eigenvalue weighted by Gasteiger charge is -2.10. The fraction of sp³-hybridized carbons (Fsp3) is 0.0800. The molecule has 164 valence electrons. The van der Waals surface area contributed by atoms with Gasteiger partial charge in [-0.3, -0.25) is 10.1 Å². The molecule has 8 heteroatoms. The molecule has 0 radical (unpaired) electrons. The topological polar surface area (TPSA) is 64.1 Å². The van der Waals surface area contributed by atoms with Crippen LogP contribution in [0, 0.1) is 0 Å². The number of benzene rings is 3. The third-order valence-electron chi connectivity index (χ3n) is 5.07. The van der Waals surface area contributed by atoms with E-state index < -0.39 is 0 Å². The Morgan fingerprint density at radius 3 is 2.64 bits per heavy atom. The highest BCUT2D eigenvalue weighted by Gasteiger charge is 2.16. The fourth-order valence-corrected chi connectivity index (χ4v) is 4.73. The standard InChI is InChI=1S/C25H17Cl2N3O2S/c1-2-32-15-8-10-21-23(12-15)33-25(29-21)30-24(31)17-13-22(14-7-9-18(26)19(27)11-14)28-20-6-4-3-5-16(17)20/h3-13H,2H2,1H3,(H,29,30,31). The van der Waals surface area contributed by atoms with Crippen molar-refractivity contribution in [1.82, 2.24) is 9.97 Å². The second-order valence-electron chi connectivity index (χ2n) is 7.24. The molecule has 3 aromatic carbocycles. The molecule has 0 fully saturated rings. The van der Waals surface area contributed by atoms with E-state index >= 15 is 0 Å². The van der Waals surface area contributed by atoms with Crippen molar-refractivity contribution < 1.29 is 9.53 Å². The van der Waals surface area contributed by atoms with Gasteiger partial charge in [-0.05, 0) is 49.4 Å². The van der Waals surface area contributed by atoms with Gasteiger partial charge in [-0.25, -0.2) is 9.97 Å². The van der Waals surface area contributed by atoms with Gasteiger partial charge >= 0.3 is 0 Å². The molecule has 0 aliphatic rings. The Labute approximate surface area is 204 Å². The summed E-state index contributed by atoms with van der Waals surface area (Å²) < 4.78 is 6.50. The average molecular weight is 494 g/mol. The van der Waals surface area contributed by atoms with Crippen molar-refractivity contribution in [3.8, 4) is 17.0 Å². The van der Waals surface area contributed by atoms with E-state index in [0.717, 1.165) is 26.9 Å². The van der Waals surface area contributed by atoms with E-state index in [1.807, 2.05) is 55.5 Å². The highest BCUT2D eigenvalue weighted by Crippen LogP contribution is 2.32. The SMILES string of the molecule is CCOc1ccc2nc(NC(=O)c3cc(-c4ccc(Cl)c(Cl)c4)nc4ccccc34)sc2c1. The van der Waals surface area contributed by atoms with Crippen molar-refractivity contribution in [2.45, 2.75) is 6.92 Å². The van der Waals surface area contributed by atoms with Crippen LogP contribution in [0.2, 0.25) is 10.0 Å². The maximum absolute atomic E-state index is 13.3. The van der Waals surface area contributed by atoms with E-state index in [9.17, 15) is 4.79 Å². The highest BCUT2D eigenvalue weighted by atomic mass is 35.5. The van der Waals surface area contributed by atoms with Crippen LogP contribution < -0.4 is 10.1 Å². The predicted octanol–water partition coefficient (Wildman–Crippen LogP) is 7.47. The zero-order chi connectivity index (χ0) is 22.9. The van der Waals surface area contributed by atoms with Gasteiger partial charge in [0.25, 0.3) is 5.91 Å². The van der Waals surface area contributed by atoms with Gasteiger partial charge in [0.05, 0.1) is 43.6 Å². The van der Waals surface area contributed by atoms with Crippen LogP contribution in [0.5, 0.6) is 5.75 Å². The fourth-order valence-electron chi connectivity index (χ4n) is 3.55. The zero-order valence-electron chi connectivity index (χ0n) is 17.4. The molecule has 33 heavy (non-hydrogen) atoms. The van der Waals surface area contributed by atoms with E-state index in [0.29, 0.717) is 38.6 Å². The van der Waals surface area contributed by atoms with Crippen LogP contribution in [0.1, 0.15) is 17.3 Å². The number of halogens is 2. The van der Waals surface area contributed by atoms with E-state index in [1.54, 1.807) is 18.2 Å². The Balaban J connectivity index is 1.53. The van der Waals surface area contributed by atoms with Crippen molar-refractivity contribution >= 4 is 66.7 Å². The number of thiazole rings is 1. The van der Waals surface area contributed by atoms with Gasteiger partial charge in [-0.2, -0.15) is 0 Å².